The van der Waals surface area contributed by atoms with Gasteiger partial charge in [0.05, 0.1) is 0 Å². The highest BCUT2D eigenvalue weighted by Crippen LogP contribution is 2.18. The molecular formula is C14H16FN3OS2. The number of nitrogens with one attached hydrogen (secondary N) is 1. The molecule has 0 saturated heterocycles. The van der Waals surface area contributed by atoms with Crippen LogP contribution in [0.5, 0.6) is 0 Å². The van der Waals surface area contributed by atoms with E-state index in [1.165, 1.54) is 23.5 Å². The van der Waals surface area contributed by atoms with E-state index in [1.54, 1.807) is 29.3 Å². The van der Waals surface area contributed by atoms with Gasteiger partial charge < -0.3 is 11.1 Å². The van der Waals surface area contributed by atoms with Crippen molar-refractivity contribution in [2.75, 3.05) is 12.3 Å². The van der Waals surface area contributed by atoms with Gasteiger partial charge in [-0.1, -0.05) is 0 Å². The maximum atomic E-state index is 12.7. The number of rotatable bonds is 7. The van der Waals surface area contributed by atoms with Gasteiger partial charge in [0.15, 0.2) is 0 Å². The monoisotopic (exact) mass is 325 g/mol. The standard InChI is InChI=1S/C14H16FN3OS2/c15-10-2-4-11(5-3-10)20-7-1-6-17-14(19)12-9-21-13(8-16)18-12/h2-5,9H,1,6-8,16H2,(H,17,19). The summed E-state index contributed by atoms with van der Waals surface area (Å²) >= 11 is 3.02. The van der Waals surface area contributed by atoms with Crippen LogP contribution in [-0.2, 0) is 6.54 Å². The first-order valence-corrected chi connectivity index (χ1v) is 8.36. The number of benzene rings is 1. The van der Waals surface area contributed by atoms with Crippen molar-refractivity contribution in [3.8, 4) is 0 Å². The fourth-order valence-corrected chi connectivity index (χ4v) is 3.10. The molecule has 0 fully saturated rings. The van der Waals surface area contributed by atoms with Gasteiger partial charge in [0.1, 0.15) is 16.5 Å². The number of nitrogens with zero attached hydrogens (tertiary/aromatic N) is 1. The van der Waals surface area contributed by atoms with Crippen LogP contribution in [0.15, 0.2) is 34.5 Å². The number of nitrogens with two attached hydrogens (primary N) is 1. The highest BCUT2D eigenvalue weighted by atomic mass is 32.2. The maximum Gasteiger partial charge on any atom is 0.270 e. The largest absolute Gasteiger partial charge is 0.351 e. The van der Waals surface area contributed by atoms with Gasteiger partial charge in [0.2, 0.25) is 0 Å². The van der Waals surface area contributed by atoms with Crippen LogP contribution in [0.1, 0.15) is 21.9 Å². The van der Waals surface area contributed by atoms with Gasteiger partial charge in [-0.15, -0.1) is 23.1 Å². The molecule has 0 spiro atoms. The average molecular weight is 325 g/mol. The highest BCUT2D eigenvalue weighted by Gasteiger charge is 2.09. The van der Waals surface area contributed by atoms with E-state index in [1.807, 2.05) is 0 Å². The predicted octanol–water partition coefficient (Wildman–Crippen LogP) is 2.65. The molecule has 1 amide bonds. The number of amides is 1. The molecule has 2 aromatic rings. The lowest BCUT2D eigenvalue weighted by Crippen LogP contribution is -2.25. The second-order valence-corrected chi connectivity index (χ2v) is 6.35. The van der Waals surface area contributed by atoms with E-state index in [-0.39, 0.29) is 11.7 Å². The SMILES string of the molecule is NCc1nc(C(=O)NCCCSc2ccc(F)cc2)cs1. The molecular weight excluding hydrogens is 309 g/mol. The number of hydrogen-bond donors (Lipinski definition) is 2. The van der Waals surface area contributed by atoms with Crippen molar-refractivity contribution in [2.24, 2.45) is 5.73 Å². The summed E-state index contributed by atoms with van der Waals surface area (Å²) in [5.41, 5.74) is 5.88. The minimum absolute atomic E-state index is 0.169. The van der Waals surface area contributed by atoms with Crippen molar-refractivity contribution in [1.29, 1.82) is 0 Å². The summed E-state index contributed by atoms with van der Waals surface area (Å²) in [6, 6.07) is 6.40. The fourth-order valence-electron chi connectivity index (χ4n) is 1.59. The minimum atomic E-state index is -0.230. The van der Waals surface area contributed by atoms with Crippen molar-refractivity contribution in [3.05, 3.63) is 46.2 Å². The lowest BCUT2D eigenvalue weighted by Gasteiger charge is -2.03. The number of carbonyl (C=O) groups excluding carboxylic acids is 1. The van der Waals surface area contributed by atoms with E-state index in [9.17, 15) is 9.18 Å². The van der Waals surface area contributed by atoms with Gasteiger partial charge in [-0.05, 0) is 36.4 Å². The maximum absolute atomic E-state index is 12.7. The van der Waals surface area contributed by atoms with Crippen molar-refractivity contribution in [2.45, 2.75) is 17.9 Å². The zero-order valence-electron chi connectivity index (χ0n) is 11.3. The Morgan fingerprint density at radius 1 is 1.38 bits per heavy atom. The smallest absolute Gasteiger partial charge is 0.270 e. The molecule has 0 bridgehead atoms. The third kappa shape index (κ3) is 5.11. The first-order valence-electron chi connectivity index (χ1n) is 6.50. The molecule has 0 unspecified atom stereocenters. The molecule has 0 aliphatic carbocycles. The molecule has 112 valence electrons. The number of carbonyl (C=O) groups is 1. The number of thioether (sulfide) groups is 1. The van der Waals surface area contributed by atoms with E-state index >= 15 is 0 Å². The molecule has 1 aromatic carbocycles. The Hall–Kier alpha value is -1.44. The van der Waals surface area contributed by atoms with Crippen molar-refractivity contribution in [3.63, 3.8) is 0 Å². The summed E-state index contributed by atoms with van der Waals surface area (Å²) < 4.78 is 12.7. The summed E-state index contributed by atoms with van der Waals surface area (Å²) in [4.78, 5) is 16.9. The highest BCUT2D eigenvalue weighted by molar-refractivity contribution is 7.99. The lowest BCUT2D eigenvalue weighted by atomic mass is 10.4. The van der Waals surface area contributed by atoms with Crippen molar-refractivity contribution < 1.29 is 9.18 Å². The predicted molar refractivity (Wildman–Crippen MR) is 84.1 cm³/mol. The Labute approximate surface area is 131 Å². The Balaban J connectivity index is 1.65. The average Bonchev–Trinajstić information content (AvgIpc) is 2.98. The molecule has 0 saturated carbocycles. The van der Waals surface area contributed by atoms with Crippen LogP contribution in [0.3, 0.4) is 0 Å². The molecule has 3 N–H and O–H groups in total. The number of halogens is 1. The third-order valence-corrected chi connectivity index (χ3v) is 4.62. The zero-order chi connectivity index (χ0) is 15.1. The second kappa shape index (κ2) is 8.11. The van der Waals surface area contributed by atoms with E-state index in [0.29, 0.717) is 18.8 Å². The topological polar surface area (TPSA) is 68.0 Å². The van der Waals surface area contributed by atoms with Crippen molar-refractivity contribution in [1.82, 2.24) is 10.3 Å². The van der Waals surface area contributed by atoms with Gasteiger partial charge in [0.25, 0.3) is 5.91 Å². The van der Waals surface area contributed by atoms with Crippen molar-refractivity contribution >= 4 is 29.0 Å². The Morgan fingerprint density at radius 2 is 2.14 bits per heavy atom. The Morgan fingerprint density at radius 3 is 2.81 bits per heavy atom. The zero-order valence-corrected chi connectivity index (χ0v) is 13.0. The molecule has 1 aromatic heterocycles. The summed E-state index contributed by atoms with van der Waals surface area (Å²) in [5, 5.41) is 5.29. The molecule has 2 rings (SSSR count). The second-order valence-electron chi connectivity index (χ2n) is 4.24. The fraction of sp³-hybridized carbons (Fsp3) is 0.286. The molecule has 4 nitrogen and oxygen atoms in total. The lowest BCUT2D eigenvalue weighted by molar-refractivity contribution is 0.0949. The van der Waals surface area contributed by atoms with Crippen LogP contribution in [0, 0.1) is 5.82 Å². The summed E-state index contributed by atoms with van der Waals surface area (Å²) in [6.45, 7) is 0.939. The molecule has 7 heteroatoms. The first-order chi connectivity index (χ1) is 10.2. The van der Waals surface area contributed by atoms with Crippen LogP contribution in [-0.4, -0.2) is 23.2 Å². The van der Waals surface area contributed by atoms with E-state index in [2.05, 4.69) is 10.3 Å². The van der Waals surface area contributed by atoms with E-state index in [0.717, 1.165) is 22.1 Å². The van der Waals surface area contributed by atoms with Crippen LogP contribution in [0.4, 0.5) is 4.39 Å². The van der Waals surface area contributed by atoms with Crippen LogP contribution >= 0.6 is 23.1 Å². The molecule has 21 heavy (non-hydrogen) atoms. The first kappa shape index (κ1) is 15.9. The molecule has 1 heterocycles. The van der Waals surface area contributed by atoms with Crippen LogP contribution < -0.4 is 11.1 Å². The minimum Gasteiger partial charge on any atom is -0.351 e. The summed E-state index contributed by atoms with van der Waals surface area (Å²) in [7, 11) is 0. The summed E-state index contributed by atoms with van der Waals surface area (Å²) in [5.74, 6) is 0.460. The molecule has 0 radical (unpaired) electrons. The van der Waals surface area contributed by atoms with Gasteiger partial charge in [-0.3, -0.25) is 4.79 Å². The quantitative estimate of drug-likeness (QED) is 0.606. The normalized spacial score (nSPS) is 10.6. The van der Waals surface area contributed by atoms with Gasteiger partial charge in [0, 0.05) is 23.4 Å². The van der Waals surface area contributed by atoms with Gasteiger partial charge >= 0.3 is 0 Å². The number of hydrogen-bond acceptors (Lipinski definition) is 5. The molecule has 0 aliphatic heterocycles. The van der Waals surface area contributed by atoms with Gasteiger partial charge in [-0.2, -0.15) is 0 Å². The number of aromatic nitrogens is 1. The molecule has 0 aliphatic rings. The van der Waals surface area contributed by atoms with Gasteiger partial charge in [-0.25, -0.2) is 9.37 Å². The Bertz CT molecular complexity index is 586. The Kier molecular flexibility index (Phi) is 6.16. The molecule has 0 atom stereocenters. The van der Waals surface area contributed by atoms with Crippen LogP contribution in [0.2, 0.25) is 0 Å². The summed E-state index contributed by atoms with van der Waals surface area (Å²) in [6.07, 6.45) is 0.835. The third-order valence-electron chi connectivity index (χ3n) is 2.65. The van der Waals surface area contributed by atoms with Crippen LogP contribution in [0.25, 0.3) is 0 Å². The van der Waals surface area contributed by atoms with E-state index in [4.69, 9.17) is 5.73 Å². The number of thiazole rings is 1. The van der Waals surface area contributed by atoms with E-state index < -0.39 is 0 Å².